The molecule has 1 aliphatic rings. The van der Waals surface area contributed by atoms with Crippen molar-refractivity contribution in [2.75, 3.05) is 0 Å². The quantitative estimate of drug-likeness (QED) is 0.861. The van der Waals surface area contributed by atoms with Gasteiger partial charge in [-0.15, -0.1) is 0 Å². The highest BCUT2D eigenvalue weighted by Crippen LogP contribution is 2.39. The third kappa shape index (κ3) is 2.56. The van der Waals surface area contributed by atoms with Crippen LogP contribution in [-0.2, 0) is 6.54 Å². The summed E-state index contributed by atoms with van der Waals surface area (Å²) in [5.41, 5.74) is 2.01. The van der Waals surface area contributed by atoms with Gasteiger partial charge in [-0.25, -0.2) is 0 Å². The van der Waals surface area contributed by atoms with E-state index in [4.69, 9.17) is 0 Å². The topological polar surface area (TPSA) is 29.1 Å². The van der Waals surface area contributed by atoms with Crippen molar-refractivity contribution in [3.05, 3.63) is 76.8 Å². The van der Waals surface area contributed by atoms with Crippen LogP contribution in [-0.4, -0.2) is 5.78 Å². The average Bonchev–Trinajstić information content (AvgIpc) is 2.78. The van der Waals surface area contributed by atoms with Gasteiger partial charge in [0.25, 0.3) is 0 Å². The van der Waals surface area contributed by atoms with Crippen LogP contribution in [0.2, 0.25) is 0 Å². The minimum absolute atomic E-state index is 0.112. The zero-order valence-electron chi connectivity index (χ0n) is 10.3. The van der Waals surface area contributed by atoms with E-state index < -0.39 is 0 Å². The number of thioether (sulfide) groups is 1. The molecule has 0 spiro atoms. The minimum Gasteiger partial charge on any atom is -0.386 e. The molecule has 0 saturated carbocycles. The third-order valence-electron chi connectivity index (χ3n) is 2.96. The number of hydrogen-bond acceptors (Lipinski definition) is 3. The van der Waals surface area contributed by atoms with Crippen molar-refractivity contribution in [2.45, 2.75) is 11.4 Å². The molecule has 0 amide bonds. The number of allylic oxidation sites excluding steroid dienone is 1. The summed E-state index contributed by atoms with van der Waals surface area (Å²) in [5, 5.41) is 3.21. The van der Waals surface area contributed by atoms with E-state index in [0.29, 0.717) is 0 Å². The number of nitrogens with one attached hydrogen (secondary N) is 1. The summed E-state index contributed by atoms with van der Waals surface area (Å²) in [6.45, 7) is 0.731. The lowest BCUT2D eigenvalue weighted by Crippen LogP contribution is -2.07. The van der Waals surface area contributed by atoms with Gasteiger partial charge in [0.1, 0.15) is 0 Å². The van der Waals surface area contributed by atoms with Gasteiger partial charge in [0.05, 0.1) is 4.91 Å². The SMILES string of the molecule is O=C1/C(=C\NCc2ccccc2)Sc2ccccc21. The van der Waals surface area contributed by atoms with E-state index in [1.54, 1.807) is 0 Å². The van der Waals surface area contributed by atoms with Crippen molar-refractivity contribution in [3.8, 4) is 0 Å². The number of ketones is 1. The van der Waals surface area contributed by atoms with Gasteiger partial charge in [0, 0.05) is 23.2 Å². The van der Waals surface area contributed by atoms with Gasteiger partial charge in [0.15, 0.2) is 0 Å². The van der Waals surface area contributed by atoms with Crippen LogP contribution in [0.5, 0.6) is 0 Å². The van der Waals surface area contributed by atoms with E-state index in [-0.39, 0.29) is 5.78 Å². The van der Waals surface area contributed by atoms with Gasteiger partial charge in [-0.1, -0.05) is 54.2 Å². The van der Waals surface area contributed by atoms with Crippen molar-refractivity contribution in [3.63, 3.8) is 0 Å². The number of carbonyl (C=O) groups excluding carboxylic acids is 1. The van der Waals surface area contributed by atoms with Crippen LogP contribution in [0.3, 0.4) is 0 Å². The largest absolute Gasteiger partial charge is 0.386 e. The van der Waals surface area contributed by atoms with Gasteiger partial charge < -0.3 is 5.32 Å². The zero-order valence-corrected chi connectivity index (χ0v) is 11.1. The lowest BCUT2D eigenvalue weighted by molar-refractivity contribution is 0.104. The first-order valence-electron chi connectivity index (χ1n) is 6.13. The molecule has 2 aromatic rings. The number of benzene rings is 2. The van der Waals surface area contributed by atoms with Crippen LogP contribution in [0.15, 0.2) is 70.6 Å². The lowest BCUT2D eigenvalue weighted by atomic mass is 10.1. The fourth-order valence-electron chi connectivity index (χ4n) is 1.99. The maximum atomic E-state index is 12.1. The molecule has 0 unspecified atom stereocenters. The molecule has 0 atom stereocenters. The highest BCUT2D eigenvalue weighted by atomic mass is 32.2. The molecule has 0 radical (unpaired) electrons. The first kappa shape index (κ1) is 12.1. The van der Waals surface area contributed by atoms with Crippen molar-refractivity contribution >= 4 is 17.5 Å². The lowest BCUT2D eigenvalue weighted by Gasteiger charge is -2.01. The molecule has 19 heavy (non-hydrogen) atoms. The van der Waals surface area contributed by atoms with Crippen LogP contribution in [0.1, 0.15) is 15.9 Å². The Labute approximate surface area is 116 Å². The van der Waals surface area contributed by atoms with Crippen LogP contribution < -0.4 is 5.32 Å². The summed E-state index contributed by atoms with van der Waals surface area (Å²) in [7, 11) is 0. The summed E-state index contributed by atoms with van der Waals surface area (Å²) >= 11 is 1.53. The van der Waals surface area contributed by atoms with Crippen molar-refractivity contribution in [2.24, 2.45) is 0 Å². The van der Waals surface area contributed by atoms with E-state index >= 15 is 0 Å². The van der Waals surface area contributed by atoms with E-state index in [0.717, 1.165) is 21.9 Å². The predicted molar refractivity (Wildman–Crippen MR) is 78.0 cm³/mol. The number of carbonyl (C=O) groups is 1. The van der Waals surface area contributed by atoms with Crippen LogP contribution in [0, 0.1) is 0 Å². The van der Waals surface area contributed by atoms with Crippen molar-refractivity contribution in [1.29, 1.82) is 0 Å². The van der Waals surface area contributed by atoms with Crippen molar-refractivity contribution < 1.29 is 4.79 Å². The predicted octanol–water partition coefficient (Wildman–Crippen LogP) is 3.61. The molecule has 1 heterocycles. The Bertz CT molecular complexity index is 634. The first-order chi connectivity index (χ1) is 9.34. The molecule has 94 valence electrons. The molecule has 3 rings (SSSR count). The standard InChI is InChI=1S/C16H13NOS/c18-16-13-8-4-5-9-14(13)19-15(16)11-17-10-12-6-2-1-3-7-12/h1-9,11,17H,10H2/b15-11+. The van der Waals surface area contributed by atoms with Gasteiger partial charge in [-0.2, -0.15) is 0 Å². The normalized spacial score (nSPS) is 15.6. The van der Waals surface area contributed by atoms with Crippen molar-refractivity contribution in [1.82, 2.24) is 5.32 Å². The third-order valence-corrected chi connectivity index (χ3v) is 4.06. The van der Waals surface area contributed by atoms with Gasteiger partial charge in [0.2, 0.25) is 5.78 Å². The van der Waals surface area contributed by atoms with E-state index in [1.165, 1.54) is 17.3 Å². The molecule has 0 bridgehead atoms. The second-order valence-corrected chi connectivity index (χ2v) is 5.39. The molecule has 0 aliphatic carbocycles. The summed E-state index contributed by atoms with van der Waals surface area (Å²) in [6, 6.07) is 17.9. The Kier molecular flexibility index (Phi) is 3.38. The maximum absolute atomic E-state index is 12.1. The van der Waals surface area contributed by atoms with Crippen LogP contribution >= 0.6 is 11.8 Å². The van der Waals surface area contributed by atoms with Gasteiger partial charge >= 0.3 is 0 Å². The van der Waals surface area contributed by atoms with E-state index in [1.807, 2.05) is 48.7 Å². The first-order valence-corrected chi connectivity index (χ1v) is 6.95. The Morgan fingerprint density at radius 3 is 2.53 bits per heavy atom. The Hall–Kier alpha value is -2.00. The molecule has 1 aliphatic heterocycles. The fourth-order valence-corrected chi connectivity index (χ4v) is 2.99. The molecule has 0 saturated heterocycles. The molecule has 2 nitrogen and oxygen atoms in total. The minimum atomic E-state index is 0.112. The average molecular weight is 267 g/mol. The highest BCUT2D eigenvalue weighted by Gasteiger charge is 2.24. The summed E-state index contributed by atoms with van der Waals surface area (Å²) in [5.74, 6) is 0.112. The Balaban J connectivity index is 1.69. The second kappa shape index (κ2) is 5.33. The van der Waals surface area contributed by atoms with Crippen LogP contribution in [0.25, 0.3) is 0 Å². The molecule has 3 heteroatoms. The number of rotatable bonds is 3. The highest BCUT2D eigenvalue weighted by molar-refractivity contribution is 8.04. The smallest absolute Gasteiger partial charge is 0.202 e. The Morgan fingerprint density at radius 2 is 1.74 bits per heavy atom. The van der Waals surface area contributed by atoms with Gasteiger partial charge in [-0.3, -0.25) is 4.79 Å². The second-order valence-electron chi connectivity index (χ2n) is 4.30. The van der Waals surface area contributed by atoms with Gasteiger partial charge in [-0.05, 0) is 17.7 Å². The summed E-state index contributed by atoms with van der Waals surface area (Å²) in [4.78, 5) is 13.9. The number of fused-ring (bicyclic) bond motifs is 1. The molecule has 0 aromatic heterocycles. The summed E-state index contributed by atoms with van der Waals surface area (Å²) in [6.07, 6.45) is 1.82. The molecular formula is C16H13NOS. The molecule has 2 aromatic carbocycles. The molecular weight excluding hydrogens is 254 g/mol. The fraction of sp³-hybridized carbons (Fsp3) is 0.0625. The van der Waals surface area contributed by atoms with E-state index in [9.17, 15) is 4.79 Å². The number of Topliss-reactive ketones (excluding diaryl/α,β-unsaturated/α-hetero) is 1. The zero-order chi connectivity index (χ0) is 13.1. The summed E-state index contributed by atoms with van der Waals surface area (Å²) < 4.78 is 0. The molecule has 1 N–H and O–H groups in total. The monoisotopic (exact) mass is 267 g/mol. The van der Waals surface area contributed by atoms with Crippen LogP contribution in [0.4, 0.5) is 0 Å². The van der Waals surface area contributed by atoms with E-state index in [2.05, 4.69) is 17.4 Å². The maximum Gasteiger partial charge on any atom is 0.202 e. The Morgan fingerprint density at radius 1 is 1.00 bits per heavy atom. The number of hydrogen-bond donors (Lipinski definition) is 1. The molecule has 0 fully saturated rings.